The van der Waals surface area contributed by atoms with E-state index in [1.807, 2.05) is 0 Å². The van der Waals surface area contributed by atoms with E-state index in [0.717, 1.165) is 51.4 Å². The number of rotatable bonds is 13. The fourth-order valence-corrected chi connectivity index (χ4v) is 4.95. The van der Waals surface area contributed by atoms with Gasteiger partial charge in [-0.05, 0) is 54.7 Å². The summed E-state index contributed by atoms with van der Waals surface area (Å²) in [5.74, 6) is 3.67. The summed E-state index contributed by atoms with van der Waals surface area (Å²) in [6, 6.07) is 14.6. The quantitative estimate of drug-likeness (QED) is 0.149. The average Bonchev–Trinajstić information content (AvgIpc) is 3.01. The van der Waals surface area contributed by atoms with E-state index in [2.05, 4.69) is 25.7 Å². The van der Waals surface area contributed by atoms with Crippen molar-refractivity contribution >= 4 is 0 Å². The van der Waals surface area contributed by atoms with Crippen LogP contribution in [0, 0.1) is 35.2 Å². The zero-order chi connectivity index (χ0) is 29.7. The Bertz CT molecular complexity index is 1340. The van der Waals surface area contributed by atoms with Crippen LogP contribution in [-0.4, -0.2) is 26.1 Å². The van der Waals surface area contributed by atoms with Crippen LogP contribution < -0.4 is 4.74 Å². The number of benzene rings is 3. The highest BCUT2D eigenvalue weighted by Crippen LogP contribution is 2.32. The Morgan fingerprint density at radius 2 is 1.38 bits per heavy atom. The molecule has 0 aliphatic carbocycles. The van der Waals surface area contributed by atoms with Crippen molar-refractivity contribution in [2.75, 3.05) is 19.8 Å². The minimum atomic E-state index is -0.994. The lowest BCUT2D eigenvalue weighted by Crippen LogP contribution is -2.31. The fraction of sp³-hybridized carbons (Fsp3) is 0.444. The van der Waals surface area contributed by atoms with Gasteiger partial charge < -0.3 is 14.2 Å². The third kappa shape index (κ3) is 8.86. The van der Waals surface area contributed by atoms with E-state index in [-0.39, 0.29) is 23.5 Å². The van der Waals surface area contributed by atoms with Gasteiger partial charge in [0.2, 0.25) is 5.82 Å². The fourth-order valence-electron chi connectivity index (χ4n) is 4.95. The molecule has 0 atom stereocenters. The molecule has 1 aliphatic heterocycles. The van der Waals surface area contributed by atoms with Gasteiger partial charge in [-0.3, -0.25) is 0 Å². The van der Waals surface area contributed by atoms with Crippen LogP contribution in [0.5, 0.6) is 5.75 Å². The highest BCUT2D eigenvalue weighted by molar-refractivity contribution is 5.72. The highest BCUT2D eigenvalue weighted by Gasteiger charge is 2.20. The molecule has 0 unspecified atom stereocenters. The predicted molar refractivity (Wildman–Crippen MR) is 162 cm³/mol. The molecule has 0 amide bonds. The Morgan fingerprint density at radius 3 is 2.07 bits per heavy atom. The van der Waals surface area contributed by atoms with Crippen molar-refractivity contribution in [2.45, 2.75) is 77.9 Å². The van der Waals surface area contributed by atoms with E-state index in [4.69, 9.17) is 14.2 Å². The molecular weight excluding hydrogens is 537 g/mol. The van der Waals surface area contributed by atoms with Crippen LogP contribution in [0.25, 0.3) is 22.3 Å². The molecule has 1 fully saturated rings. The number of unbranched alkanes of at least 4 members (excludes halogenated alkanes) is 6. The number of halogens is 3. The van der Waals surface area contributed by atoms with Crippen molar-refractivity contribution in [2.24, 2.45) is 5.92 Å². The summed E-state index contributed by atoms with van der Waals surface area (Å²) in [6.45, 7) is 5.68. The number of ether oxygens (including phenoxy) is 3. The summed E-state index contributed by atoms with van der Waals surface area (Å²) in [7, 11) is 0. The third-order valence-electron chi connectivity index (χ3n) is 7.46. The second kappa shape index (κ2) is 16.4. The van der Waals surface area contributed by atoms with Gasteiger partial charge in [0, 0.05) is 16.7 Å². The first-order valence-electron chi connectivity index (χ1n) is 15.3. The maximum Gasteiger partial charge on any atom is 0.201 e. The molecule has 3 aromatic carbocycles. The van der Waals surface area contributed by atoms with Crippen molar-refractivity contribution in [3.05, 3.63) is 77.6 Å². The molecule has 0 aromatic heterocycles. The molecule has 1 saturated heterocycles. The normalized spacial score (nSPS) is 16.6. The Balaban J connectivity index is 1.35. The Morgan fingerprint density at radius 1 is 0.738 bits per heavy atom. The zero-order valence-electron chi connectivity index (χ0n) is 24.7. The molecule has 1 heterocycles. The lowest BCUT2D eigenvalue weighted by atomic mass is 9.98. The van der Waals surface area contributed by atoms with Crippen LogP contribution in [0.1, 0.15) is 77.2 Å². The summed E-state index contributed by atoms with van der Waals surface area (Å²) in [4.78, 5) is 0. The molecule has 4 rings (SSSR count). The first-order chi connectivity index (χ1) is 20.5. The molecule has 0 bridgehead atoms. The van der Waals surface area contributed by atoms with Crippen LogP contribution in [0.15, 0.2) is 54.6 Å². The maximum absolute atomic E-state index is 15.0. The summed E-state index contributed by atoms with van der Waals surface area (Å²) in [5.41, 5.74) is 2.22. The van der Waals surface area contributed by atoms with Crippen LogP contribution in [0.2, 0.25) is 0 Å². The van der Waals surface area contributed by atoms with Gasteiger partial charge in [0.25, 0.3) is 0 Å². The van der Waals surface area contributed by atoms with Gasteiger partial charge in [-0.1, -0.05) is 94.5 Å². The minimum Gasteiger partial charge on any atom is -0.490 e. The van der Waals surface area contributed by atoms with E-state index >= 15 is 4.39 Å². The molecule has 3 nitrogen and oxygen atoms in total. The molecule has 3 aromatic rings. The SMILES string of the molecule is CCCCCCCOc1ccc(-c2ccc(-c3ccc(C#CC4COC(CCCCC)OC4)cc3F)cc2)c(F)c1F. The predicted octanol–water partition coefficient (Wildman–Crippen LogP) is 9.71. The van der Waals surface area contributed by atoms with Crippen molar-refractivity contribution < 1.29 is 27.4 Å². The summed E-state index contributed by atoms with van der Waals surface area (Å²) >= 11 is 0. The molecule has 0 N–H and O–H groups in total. The topological polar surface area (TPSA) is 27.7 Å². The van der Waals surface area contributed by atoms with Crippen LogP contribution in [0.3, 0.4) is 0 Å². The van der Waals surface area contributed by atoms with Gasteiger partial charge in [0.1, 0.15) is 5.82 Å². The second-order valence-electron chi connectivity index (χ2n) is 10.8. The van der Waals surface area contributed by atoms with E-state index in [9.17, 15) is 8.78 Å². The monoisotopic (exact) mass is 578 g/mol. The van der Waals surface area contributed by atoms with E-state index in [1.165, 1.54) is 24.6 Å². The van der Waals surface area contributed by atoms with Crippen LogP contribution >= 0.6 is 0 Å². The average molecular weight is 579 g/mol. The van der Waals surface area contributed by atoms with Gasteiger partial charge in [-0.25, -0.2) is 8.78 Å². The van der Waals surface area contributed by atoms with Gasteiger partial charge >= 0.3 is 0 Å². The Kier molecular flexibility index (Phi) is 12.4. The van der Waals surface area contributed by atoms with Crippen LogP contribution in [0.4, 0.5) is 13.2 Å². The van der Waals surface area contributed by atoms with Crippen molar-refractivity contribution in [3.8, 4) is 39.8 Å². The van der Waals surface area contributed by atoms with E-state index in [0.29, 0.717) is 42.1 Å². The lowest BCUT2D eigenvalue weighted by molar-refractivity contribution is -0.194. The van der Waals surface area contributed by atoms with Gasteiger partial charge in [-0.2, -0.15) is 4.39 Å². The molecule has 0 spiro atoms. The van der Waals surface area contributed by atoms with Crippen molar-refractivity contribution in [1.29, 1.82) is 0 Å². The first-order valence-corrected chi connectivity index (χ1v) is 15.3. The lowest BCUT2D eigenvalue weighted by Gasteiger charge is -2.26. The molecule has 42 heavy (non-hydrogen) atoms. The maximum atomic E-state index is 15.0. The summed E-state index contributed by atoms with van der Waals surface area (Å²) in [5, 5.41) is 0. The van der Waals surface area contributed by atoms with Gasteiger partial charge in [-0.15, -0.1) is 0 Å². The number of hydrogen-bond donors (Lipinski definition) is 0. The highest BCUT2D eigenvalue weighted by atomic mass is 19.2. The molecule has 0 saturated carbocycles. The largest absolute Gasteiger partial charge is 0.490 e. The molecule has 1 aliphatic rings. The van der Waals surface area contributed by atoms with Gasteiger partial charge in [0.15, 0.2) is 17.9 Å². The third-order valence-corrected chi connectivity index (χ3v) is 7.46. The summed E-state index contributed by atoms with van der Waals surface area (Å²) in [6.07, 6.45) is 9.38. The van der Waals surface area contributed by atoms with Crippen molar-refractivity contribution in [1.82, 2.24) is 0 Å². The number of hydrogen-bond acceptors (Lipinski definition) is 3. The molecular formula is C36H41F3O3. The van der Waals surface area contributed by atoms with Gasteiger partial charge in [0.05, 0.1) is 25.7 Å². The first kappa shape index (κ1) is 31.7. The molecule has 6 heteroatoms. The van der Waals surface area contributed by atoms with E-state index < -0.39 is 17.5 Å². The molecule has 0 radical (unpaired) electrons. The minimum absolute atomic E-state index is 0.0517. The molecule has 224 valence electrons. The van der Waals surface area contributed by atoms with E-state index in [1.54, 1.807) is 36.4 Å². The smallest absolute Gasteiger partial charge is 0.201 e. The summed E-state index contributed by atoms with van der Waals surface area (Å²) < 4.78 is 61.6. The standard InChI is InChI=1S/C36H41F3O3/c1-3-5-7-8-10-22-40-33-21-20-31(35(38)36(33)39)29-17-15-28(16-18-29)30-19-14-26(23-32(30)37)12-13-27-24-41-34(42-25-27)11-9-6-4-2/h14-21,23,27,34H,3-11,22,24-25H2,1-2H3. The Hall–Kier alpha value is -3.27. The Labute approximate surface area is 248 Å². The van der Waals surface area contributed by atoms with Crippen molar-refractivity contribution in [3.63, 3.8) is 0 Å². The zero-order valence-corrected chi connectivity index (χ0v) is 24.7. The van der Waals surface area contributed by atoms with Crippen LogP contribution in [-0.2, 0) is 9.47 Å². The second-order valence-corrected chi connectivity index (χ2v) is 10.8.